The molecule has 1 aliphatic rings. The number of benzene rings is 2. The molecular formula is C23H29FN2O2. The summed E-state index contributed by atoms with van der Waals surface area (Å²) in [5.74, 6) is -0.257. The van der Waals surface area contributed by atoms with Gasteiger partial charge in [0.2, 0.25) is 5.91 Å². The Kier molecular flexibility index (Phi) is 7.18. The summed E-state index contributed by atoms with van der Waals surface area (Å²) in [6.07, 6.45) is 3.60. The Bertz CT molecular complexity index is 751. The van der Waals surface area contributed by atoms with Gasteiger partial charge in [-0.1, -0.05) is 42.5 Å². The first-order valence-corrected chi connectivity index (χ1v) is 10.0. The molecule has 1 N–H and O–H groups in total. The quantitative estimate of drug-likeness (QED) is 0.790. The van der Waals surface area contributed by atoms with Gasteiger partial charge in [-0.05, 0) is 48.9 Å². The molecule has 150 valence electrons. The Balaban J connectivity index is 1.58. The summed E-state index contributed by atoms with van der Waals surface area (Å²) in [6.45, 7) is 1.68. The number of hydrogen-bond donors (Lipinski definition) is 1. The number of piperidine rings is 1. The van der Waals surface area contributed by atoms with Crippen molar-refractivity contribution in [3.63, 3.8) is 0 Å². The van der Waals surface area contributed by atoms with E-state index in [1.54, 1.807) is 12.1 Å². The maximum absolute atomic E-state index is 13.1. The lowest BCUT2D eigenvalue weighted by Crippen LogP contribution is -2.52. The van der Waals surface area contributed by atoms with Crippen molar-refractivity contribution in [2.24, 2.45) is 0 Å². The topological polar surface area (TPSA) is 43.8 Å². The Morgan fingerprint density at radius 1 is 1.18 bits per heavy atom. The van der Waals surface area contributed by atoms with Crippen molar-refractivity contribution in [3.8, 4) is 0 Å². The van der Waals surface area contributed by atoms with Crippen LogP contribution in [0.25, 0.3) is 0 Å². The molecule has 1 amide bonds. The zero-order chi connectivity index (χ0) is 19.9. The van der Waals surface area contributed by atoms with E-state index in [0.717, 1.165) is 43.5 Å². The number of likely N-dealkylation sites (tertiary alicyclic amines) is 1. The van der Waals surface area contributed by atoms with E-state index in [9.17, 15) is 14.3 Å². The largest absolute Gasteiger partial charge is 0.388 e. The van der Waals surface area contributed by atoms with Crippen LogP contribution in [0.15, 0.2) is 54.6 Å². The molecule has 0 radical (unpaired) electrons. The van der Waals surface area contributed by atoms with Crippen LogP contribution in [0.1, 0.15) is 42.9 Å². The van der Waals surface area contributed by atoms with E-state index in [2.05, 4.69) is 4.90 Å². The van der Waals surface area contributed by atoms with Gasteiger partial charge >= 0.3 is 0 Å². The molecule has 0 aliphatic carbocycles. The second kappa shape index (κ2) is 9.80. The van der Waals surface area contributed by atoms with Crippen LogP contribution >= 0.6 is 0 Å². The summed E-state index contributed by atoms with van der Waals surface area (Å²) in [5, 5.41) is 10.5. The fourth-order valence-corrected chi connectivity index (χ4v) is 3.87. The smallest absolute Gasteiger partial charge is 0.227 e. The molecule has 3 rings (SSSR count). The molecular weight excluding hydrogens is 355 g/mol. The number of aliphatic hydroxyl groups excluding tert-OH is 1. The van der Waals surface area contributed by atoms with Crippen LogP contribution in [0.5, 0.6) is 0 Å². The SMILES string of the molecule is CN(C(=O)Cc1ccc(F)cc1)C1CCCCN1CCC(O)c1ccccc1. The van der Waals surface area contributed by atoms with Crippen molar-refractivity contribution in [1.29, 1.82) is 0 Å². The Morgan fingerprint density at radius 3 is 2.61 bits per heavy atom. The maximum atomic E-state index is 13.1. The van der Waals surface area contributed by atoms with Crippen LogP contribution in [0.3, 0.4) is 0 Å². The number of rotatable bonds is 7. The number of likely N-dealkylation sites (N-methyl/N-ethyl adjacent to an activating group) is 1. The molecule has 1 heterocycles. The van der Waals surface area contributed by atoms with Gasteiger partial charge < -0.3 is 10.0 Å². The second-order valence-electron chi connectivity index (χ2n) is 7.54. The van der Waals surface area contributed by atoms with Crippen molar-refractivity contribution < 1.29 is 14.3 Å². The summed E-state index contributed by atoms with van der Waals surface area (Å²) >= 11 is 0. The fourth-order valence-electron chi connectivity index (χ4n) is 3.87. The second-order valence-corrected chi connectivity index (χ2v) is 7.54. The van der Waals surface area contributed by atoms with Crippen LogP contribution in [0.2, 0.25) is 0 Å². The number of halogens is 1. The molecule has 0 spiro atoms. The molecule has 5 heteroatoms. The third kappa shape index (κ3) is 5.40. The summed E-state index contributed by atoms with van der Waals surface area (Å²) in [4.78, 5) is 16.9. The van der Waals surface area contributed by atoms with Gasteiger partial charge in [-0.25, -0.2) is 4.39 Å². The number of hydrogen-bond acceptors (Lipinski definition) is 3. The lowest BCUT2D eigenvalue weighted by Gasteiger charge is -2.41. The molecule has 2 unspecified atom stereocenters. The van der Waals surface area contributed by atoms with Crippen LogP contribution < -0.4 is 0 Å². The van der Waals surface area contributed by atoms with Crippen LogP contribution in [0.4, 0.5) is 4.39 Å². The first kappa shape index (κ1) is 20.5. The van der Waals surface area contributed by atoms with Gasteiger partial charge in [0.05, 0.1) is 18.7 Å². The maximum Gasteiger partial charge on any atom is 0.227 e. The number of carbonyl (C=O) groups excluding carboxylic acids is 1. The lowest BCUT2D eigenvalue weighted by molar-refractivity contribution is -0.136. The van der Waals surface area contributed by atoms with Crippen molar-refractivity contribution in [2.75, 3.05) is 20.1 Å². The van der Waals surface area contributed by atoms with Crippen LogP contribution in [0, 0.1) is 5.82 Å². The highest BCUT2D eigenvalue weighted by atomic mass is 19.1. The number of aliphatic hydroxyl groups is 1. The van der Waals surface area contributed by atoms with Gasteiger partial charge in [-0.15, -0.1) is 0 Å². The molecule has 2 aromatic rings. The standard InChI is InChI=1S/C23H29FN2O2/c1-25(23(28)17-18-10-12-20(24)13-11-18)22-9-5-6-15-26(22)16-14-21(27)19-7-3-2-4-8-19/h2-4,7-8,10-13,21-22,27H,5-6,9,14-17H2,1H3. The molecule has 0 saturated carbocycles. The monoisotopic (exact) mass is 384 g/mol. The van der Waals surface area contributed by atoms with Crippen LogP contribution in [-0.4, -0.2) is 47.1 Å². The molecule has 4 nitrogen and oxygen atoms in total. The normalized spacial score (nSPS) is 18.6. The van der Waals surface area contributed by atoms with Gasteiger partial charge in [-0.3, -0.25) is 9.69 Å². The Labute approximate surface area is 166 Å². The van der Waals surface area contributed by atoms with E-state index in [1.165, 1.54) is 12.1 Å². The van der Waals surface area contributed by atoms with E-state index < -0.39 is 6.10 Å². The minimum Gasteiger partial charge on any atom is -0.388 e. The Morgan fingerprint density at radius 2 is 1.89 bits per heavy atom. The molecule has 28 heavy (non-hydrogen) atoms. The third-order valence-corrected chi connectivity index (χ3v) is 5.56. The van der Waals surface area contributed by atoms with Gasteiger partial charge in [0.25, 0.3) is 0 Å². The first-order valence-electron chi connectivity index (χ1n) is 10.0. The summed E-state index contributed by atoms with van der Waals surface area (Å²) < 4.78 is 13.1. The molecule has 1 aliphatic heterocycles. The van der Waals surface area contributed by atoms with Gasteiger partial charge in [-0.2, -0.15) is 0 Å². The van der Waals surface area contributed by atoms with Crippen LogP contribution in [-0.2, 0) is 11.2 Å². The number of nitrogens with zero attached hydrogens (tertiary/aromatic N) is 2. The highest BCUT2D eigenvalue weighted by Crippen LogP contribution is 2.23. The molecule has 0 bridgehead atoms. The van der Waals surface area contributed by atoms with E-state index >= 15 is 0 Å². The minimum absolute atomic E-state index is 0.0344. The third-order valence-electron chi connectivity index (χ3n) is 5.56. The fraction of sp³-hybridized carbons (Fsp3) is 0.435. The van der Waals surface area contributed by atoms with Crippen molar-refractivity contribution >= 4 is 5.91 Å². The van der Waals surface area contributed by atoms with Gasteiger partial charge in [0.1, 0.15) is 5.82 Å². The lowest BCUT2D eigenvalue weighted by atomic mass is 10.0. The van der Waals surface area contributed by atoms with E-state index in [1.807, 2.05) is 42.3 Å². The molecule has 0 aromatic heterocycles. The van der Waals surface area contributed by atoms with Gasteiger partial charge in [0, 0.05) is 20.1 Å². The molecule has 1 saturated heterocycles. The molecule has 2 aromatic carbocycles. The number of carbonyl (C=O) groups is 1. The summed E-state index contributed by atoms with van der Waals surface area (Å²) in [6, 6.07) is 15.8. The average molecular weight is 384 g/mol. The average Bonchev–Trinajstić information content (AvgIpc) is 2.74. The van der Waals surface area contributed by atoms with E-state index in [4.69, 9.17) is 0 Å². The predicted molar refractivity (Wildman–Crippen MR) is 108 cm³/mol. The number of amides is 1. The highest BCUT2D eigenvalue weighted by molar-refractivity contribution is 5.78. The van der Waals surface area contributed by atoms with Gasteiger partial charge in [0.15, 0.2) is 0 Å². The van der Waals surface area contributed by atoms with Crippen molar-refractivity contribution in [3.05, 3.63) is 71.5 Å². The minimum atomic E-state index is -0.496. The highest BCUT2D eigenvalue weighted by Gasteiger charge is 2.29. The van der Waals surface area contributed by atoms with Crippen molar-refractivity contribution in [1.82, 2.24) is 9.80 Å². The zero-order valence-corrected chi connectivity index (χ0v) is 16.4. The summed E-state index contributed by atoms with van der Waals surface area (Å²) in [5.41, 5.74) is 1.75. The summed E-state index contributed by atoms with van der Waals surface area (Å²) in [7, 11) is 1.85. The molecule has 1 fully saturated rings. The van der Waals surface area contributed by atoms with E-state index in [-0.39, 0.29) is 24.3 Å². The van der Waals surface area contributed by atoms with E-state index in [0.29, 0.717) is 6.42 Å². The first-order chi connectivity index (χ1) is 13.5. The predicted octanol–water partition coefficient (Wildman–Crippen LogP) is 3.76. The zero-order valence-electron chi connectivity index (χ0n) is 16.4. The molecule has 2 atom stereocenters. The Hall–Kier alpha value is -2.24. The van der Waals surface area contributed by atoms with Crippen molar-refractivity contribution in [2.45, 2.75) is 44.4 Å².